The summed E-state index contributed by atoms with van der Waals surface area (Å²) in [5, 5.41) is 0. The zero-order valence-electron chi connectivity index (χ0n) is 15.2. The minimum Gasteiger partial charge on any atom is -0.124 e. The number of benzene rings is 1. The monoisotopic (exact) mass is 298 g/mol. The smallest absolute Gasteiger partial charge is 0.0307 e. The molecule has 1 rings (SSSR count). The van der Waals surface area contributed by atoms with E-state index in [2.05, 4.69) is 83.5 Å². The number of rotatable bonds is 1. The molecule has 0 aromatic heterocycles. The Morgan fingerprint density at radius 3 is 1.18 bits per heavy atom. The minimum atomic E-state index is 1.14. The molecule has 0 nitrogen and oxygen atoms in total. The maximum absolute atomic E-state index is 4.00. The second kappa shape index (κ2) is 42.8. The summed E-state index contributed by atoms with van der Waals surface area (Å²) >= 11 is 0. The van der Waals surface area contributed by atoms with Crippen molar-refractivity contribution >= 4 is 0 Å². The third kappa shape index (κ3) is 52.7. The minimum absolute atomic E-state index is 1.14. The average Bonchev–Trinajstić information content (AvgIpc) is 2.54. The molecule has 122 valence electrons. The van der Waals surface area contributed by atoms with E-state index in [1.807, 2.05) is 20.8 Å². The van der Waals surface area contributed by atoms with E-state index in [-0.39, 0.29) is 0 Å². The molecular formula is C22H34. The summed E-state index contributed by atoms with van der Waals surface area (Å²) in [4.78, 5) is 0. The molecule has 0 saturated carbocycles. The van der Waals surface area contributed by atoms with E-state index >= 15 is 0 Å². The van der Waals surface area contributed by atoms with Crippen LogP contribution in [0.5, 0.6) is 0 Å². The molecule has 0 atom stereocenters. The molecule has 1 aromatic carbocycles. The van der Waals surface area contributed by atoms with Gasteiger partial charge in [0.25, 0.3) is 0 Å². The highest BCUT2D eigenvalue weighted by Gasteiger charge is 1.84. The lowest BCUT2D eigenvalue weighted by atomic mass is 10.1. The Kier molecular flexibility index (Phi) is 61.9. The van der Waals surface area contributed by atoms with Crippen molar-refractivity contribution < 1.29 is 0 Å². The Morgan fingerprint density at radius 2 is 1.00 bits per heavy atom. The zero-order chi connectivity index (χ0) is 18.8. The van der Waals surface area contributed by atoms with Gasteiger partial charge in [0.1, 0.15) is 0 Å². The molecule has 0 radical (unpaired) electrons. The Morgan fingerprint density at radius 1 is 0.773 bits per heavy atom. The van der Waals surface area contributed by atoms with Gasteiger partial charge in [0.2, 0.25) is 0 Å². The maximum Gasteiger partial charge on any atom is -0.0307 e. The number of terminal acetylenes is 2. The second-order valence-electron chi connectivity index (χ2n) is 3.56. The fourth-order valence-electron chi connectivity index (χ4n) is 0.824. The molecular weight excluding hydrogens is 264 g/mol. The highest BCUT2D eigenvalue weighted by molar-refractivity contribution is 5.20. The van der Waals surface area contributed by atoms with E-state index in [1.165, 1.54) is 11.1 Å². The van der Waals surface area contributed by atoms with Crippen LogP contribution in [-0.2, 0) is 6.42 Å². The van der Waals surface area contributed by atoms with E-state index in [9.17, 15) is 0 Å². The highest BCUT2D eigenvalue weighted by atomic mass is 13.9. The van der Waals surface area contributed by atoms with Gasteiger partial charge in [-0.15, -0.1) is 45.4 Å². The standard InChI is InChI=1S/C9H12.3C3H6.2C2H2/c1-3-9-6-4-8(2)5-7-9;3*1-3-2;2*1-2/h4-7H,3H2,1-2H3;3*3H,1H2,2H3;2*1-2H. The molecule has 22 heavy (non-hydrogen) atoms. The van der Waals surface area contributed by atoms with Crippen LogP contribution >= 0.6 is 0 Å². The van der Waals surface area contributed by atoms with Crippen LogP contribution in [-0.4, -0.2) is 0 Å². The largest absolute Gasteiger partial charge is 0.124 e. The Hall–Kier alpha value is -2.44. The lowest BCUT2D eigenvalue weighted by molar-refractivity contribution is 1.14. The molecule has 1 aromatic rings. The van der Waals surface area contributed by atoms with Gasteiger partial charge < -0.3 is 0 Å². The van der Waals surface area contributed by atoms with Gasteiger partial charge in [-0.25, -0.2) is 0 Å². The van der Waals surface area contributed by atoms with Gasteiger partial charge in [0, 0.05) is 0 Å². The van der Waals surface area contributed by atoms with Crippen LogP contribution in [0.3, 0.4) is 0 Å². The summed E-state index contributed by atoms with van der Waals surface area (Å²) in [5.41, 5.74) is 2.76. The Bertz CT molecular complexity index is 326. The lowest BCUT2D eigenvalue weighted by Crippen LogP contribution is -1.77. The lowest BCUT2D eigenvalue weighted by Gasteiger charge is -1.94. The first-order chi connectivity index (χ1) is 10.6. The Labute approximate surface area is 140 Å². The van der Waals surface area contributed by atoms with E-state index in [0.717, 1.165) is 6.42 Å². The Balaban J connectivity index is -0.0000000628. The van der Waals surface area contributed by atoms with Crippen molar-refractivity contribution in [2.45, 2.75) is 41.0 Å². The molecule has 0 spiro atoms. The van der Waals surface area contributed by atoms with Gasteiger partial charge in [-0.3, -0.25) is 0 Å². The van der Waals surface area contributed by atoms with Gasteiger partial charge in [0.05, 0.1) is 0 Å². The van der Waals surface area contributed by atoms with Crippen LogP contribution in [0.4, 0.5) is 0 Å². The van der Waals surface area contributed by atoms with Crippen LogP contribution in [0, 0.1) is 32.6 Å². The molecule has 0 saturated heterocycles. The number of aryl methyl sites for hydroxylation is 2. The van der Waals surface area contributed by atoms with Crippen molar-refractivity contribution in [1.29, 1.82) is 0 Å². The summed E-state index contributed by atoms with van der Waals surface area (Å²) in [6, 6.07) is 8.66. The van der Waals surface area contributed by atoms with Crippen molar-refractivity contribution in [2.24, 2.45) is 0 Å². The summed E-state index contributed by atoms with van der Waals surface area (Å²) in [5.74, 6) is 0. The summed E-state index contributed by atoms with van der Waals surface area (Å²) in [6.07, 6.45) is 22.4. The molecule has 0 unspecified atom stereocenters. The quantitative estimate of drug-likeness (QED) is 0.403. The molecule has 0 heteroatoms. The molecule has 0 aliphatic rings. The number of allylic oxidation sites excluding steroid dienone is 3. The normalized spacial score (nSPS) is 5.86. The van der Waals surface area contributed by atoms with E-state index in [1.54, 1.807) is 18.2 Å². The van der Waals surface area contributed by atoms with Gasteiger partial charge in [-0.2, -0.15) is 0 Å². The zero-order valence-corrected chi connectivity index (χ0v) is 15.2. The van der Waals surface area contributed by atoms with Crippen molar-refractivity contribution in [3.8, 4) is 25.7 Å². The van der Waals surface area contributed by atoms with Crippen molar-refractivity contribution in [2.75, 3.05) is 0 Å². The van der Waals surface area contributed by atoms with Crippen LogP contribution in [0.2, 0.25) is 0 Å². The number of hydrogen-bond acceptors (Lipinski definition) is 0. The van der Waals surface area contributed by atoms with Crippen LogP contribution in [0.15, 0.2) is 62.2 Å². The molecule has 0 heterocycles. The molecule has 0 aliphatic heterocycles. The molecule has 0 aliphatic carbocycles. The fourth-order valence-corrected chi connectivity index (χ4v) is 0.824. The van der Waals surface area contributed by atoms with Gasteiger partial charge in [0.15, 0.2) is 0 Å². The first kappa shape index (κ1) is 31.8. The van der Waals surface area contributed by atoms with E-state index in [0.29, 0.717) is 0 Å². The van der Waals surface area contributed by atoms with E-state index < -0.39 is 0 Å². The van der Waals surface area contributed by atoms with Crippen molar-refractivity contribution in [3.05, 3.63) is 73.4 Å². The summed E-state index contributed by atoms with van der Waals surface area (Å²) < 4.78 is 0. The van der Waals surface area contributed by atoms with Gasteiger partial charge in [-0.1, -0.05) is 55.0 Å². The maximum atomic E-state index is 4.00. The highest BCUT2D eigenvalue weighted by Crippen LogP contribution is 2.02. The first-order valence-corrected chi connectivity index (χ1v) is 7.01. The molecule has 0 bridgehead atoms. The topological polar surface area (TPSA) is 0 Å². The molecule has 0 amide bonds. The average molecular weight is 299 g/mol. The van der Waals surface area contributed by atoms with Crippen molar-refractivity contribution in [1.82, 2.24) is 0 Å². The SMILES string of the molecule is C#C.C#C.C=CC.C=CC.C=CC.CCc1ccc(C)cc1. The van der Waals surface area contributed by atoms with Crippen molar-refractivity contribution in [3.63, 3.8) is 0 Å². The molecule has 0 fully saturated rings. The van der Waals surface area contributed by atoms with Crippen LogP contribution < -0.4 is 0 Å². The van der Waals surface area contributed by atoms with Crippen LogP contribution in [0.1, 0.15) is 38.8 Å². The number of hydrogen-bond donors (Lipinski definition) is 0. The van der Waals surface area contributed by atoms with E-state index in [4.69, 9.17) is 0 Å². The predicted octanol–water partition coefficient (Wildman–Crippen LogP) is 6.63. The third-order valence-electron chi connectivity index (χ3n) is 1.53. The molecule has 0 N–H and O–H groups in total. The third-order valence-corrected chi connectivity index (χ3v) is 1.53. The fraction of sp³-hybridized carbons (Fsp3) is 0.273. The summed E-state index contributed by atoms with van der Waals surface area (Å²) in [7, 11) is 0. The first-order valence-electron chi connectivity index (χ1n) is 7.01. The van der Waals surface area contributed by atoms with Gasteiger partial charge in [-0.05, 0) is 39.7 Å². The predicted molar refractivity (Wildman–Crippen MR) is 108 cm³/mol. The van der Waals surface area contributed by atoms with Crippen LogP contribution in [0.25, 0.3) is 0 Å². The second-order valence-corrected chi connectivity index (χ2v) is 3.56. The van der Waals surface area contributed by atoms with Gasteiger partial charge >= 0.3 is 0 Å². The summed E-state index contributed by atoms with van der Waals surface area (Å²) in [6.45, 7) is 20.0.